The number of carbonyl (C=O) groups is 18. The molecular formula is C83H114N20O22S. The number of phenolic OH excluding ortho intramolecular Hbond substituents is 1. The van der Waals surface area contributed by atoms with Gasteiger partial charge in [0.25, 0.3) is 0 Å². The fourth-order valence-electron chi connectivity index (χ4n) is 15.2. The molecule has 14 atom stereocenters. The standard InChI is InChI=1S/C83H114N20O22S/c1-7-9-20-62-77(119)97-60(41-105)75(117)98-61(72(114)89-37-68(86)110)42-126-43-70(112)92-56(30-45-23-25-48(106)26-24-45)79(121)99(4)44(3)71(113)94-58(34-67(85)109)82(124)102-29-15-22-63(102)76(118)90-38-69(111)91-54(27-28-66(84)108)81(123)103-39-49(107)33-65(103)78(120)93-55(31-46-35-87-52-18-13-11-16-50(46)52)73(115)96-59(40-104)74(116)95-57(32-47-36-88-53-19-14-12-17-51(47)53)80(122)101(6)64(21-10-8-2)83(125)100(62)5/h11-14,16-19,23-26,35-36,44,49,54-65,87-88,104-107H,7-10,15,20-22,27-34,37-43H2,1-6H3,(H2,84,108)(H2,85,109)(H2,86,110)(H,89,114)(H,90,118)(H,91,111)(H,92,112)(H,93,120)(H,94,113)(H,95,116)(H,96,115)(H,97,119)(H,98,117)/t44-,49+,54-,55-,56-,57-,58-,59-,60-,61-,62-,63-,64-,65-/m0/s1. The zero-order valence-corrected chi connectivity index (χ0v) is 71.8. The molecule has 2 aromatic heterocycles. The van der Waals surface area contributed by atoms with Crippen LogP contribution in [-0.4, -0.2) is 318 Å². The summed E-state index contributed by atoms with van der Waals surface area (Å²) < 4.78 is 0. The number of aromatic nitrogens is 2. The number of nitrogens with two attached hydrogens (primary N) is 3. The van der Waals surface area contributed by atoms with Gasteiger partial charge in [-0.2, -0.15) is 0 Å². The smallest absolute Gasteiger partial charge is 0.246 e. The molecule has 126 heavy (non-hydrogen) atoms. The number of rotatable bonds is 22. The molecule has 22 N–H and O–H groups in total. The number of aromatic amines is 2. The molecule has 0 bridgehead atoms. The molecule has 0 radical (unpaired) electrons. The van der Waals surface area contributed by atoms with Gasteiger partial charge in [0.05, 0.1) is 44.6 Å². The molecule has 18 amide bonds. The predicted molar refractivity (Wildman–Crippen MR) is 455 cm³/mol. The molecular weight excluding hydrogens is 1660 g/mol. The Bertz CT molecular complexity index is 4800. The van der Waals surface area contributed by atoms with E-state index in [1.54, 1.807) is 67.8 Å². The van der Waals surface area contributed by atoms with Gasteiger partial charge in [-0.1, -0.05) is 88.1 Å². The summed E-state index contributed by atoms with van der Waals surface area (Å²) >= 11 is 0.719. The summed E-state index contributed by atoms with van der Waals surface area (Å²) in [7, 11) is 3.79. The van der Waals surface area contributed by atoms with Crippen LogP contribution < -0.4 is 70.4 Å². The number of carbonyl (C=O) groups excluding carboxylic acids is 18. The average Bonchev–Trinajstić information content (AvgIpc) is 1.76. The zero-order chi connectivity index (χ0) is 92.3. The van der Waals surface area contributed by atoms with Crippen molar-refractivity contribution in [1.82, 2.24) is 87.6 Å². The van der Waals surface area contributed by atoms with Crippen molar-refractivity contribution in [2.45, 2.75) is 202 Å². The van der Waals surface area contributed by atoms with Gasteiger partial charge in [-0.15, -0.1) is 11.8 Å². The van der Waals surface area contributed by atoms with E-state index in [1.165, 1.54) is 52.3 Å². The van der Waals surface area contributed by atoms with Crippen LogP contribution in [0.25, 0.3) is 21.8 Å². The van der Waals surface area contributed by atoms with Crippen molar-refractivity contribution < 1.29 is 107 Å². The number of thioether (sulfide) groups is 1. The molecule has 42 nitrogen and oxygen atoms in total. The lowest BCUT2D eigenvalue weighted by Gasteiger charge is -2.36. The Hall–Kier alpha value is -12.8. The van der Waals surface area contributed by atoms with E-state index in [0.29, 0.717) is 64.2 Å². The number of aromatic hydroxyl groups is 1. The van der Waals surface area contributed by atoms with Gasteiger partial charge in [-0.3, -0.25) is 86.3 Å². The molecule has 0 unspecified atom stereocenters. The van der Waals surface area contributed by atoms with Crippen LogP contribution in [0.1, 0.15) is 115 Å². The van der Waals surface area contributed by atoms with Crippen LogP contribution in [0.5, 0.6) is 5.75 Å². The number of fused-ring (bicyclic) bond motifs is 4. The molecule has 3 saturated heterocycles. The van der Waals surface area contributed by atoms with Crippen molar-refractivity contribution >= 4 is 140 Å². The third-order valence-electron chi connectivity index (χ3n) is 22.3. The molecule has 3 aliphatic heterocycles. The second kappa shape index (κ2) is 46.8. The van der Waals surface area contributed by atoms with Gasteiger partial charge < -0.3 is 125 Å². The van der Waals surface area contributed by atoms with E-state index >= 15 is 14.4 Å². The van der Waals surface area contributed by atoms with Crippen molar-refractivity contribution in [2.24, 2.45) is 17.2 Å². The van der Waals surface area contributed by atoms with Crippen LogP contribution in [0, 0.1) is 0 Å². The first kappa shape index (κ1) is 98.7. The Kier molecular flexibility index (Phi) is 36.7. The number of nitrogens with zero attached hydrogens (tertiary/aromatic N) is 5. The van der Waals surface area contributed by atoms with Crippen LogP contribution in [-0.2, 0) is 106 Å². The molecule has 5 aromatic rings. The van der Waals surface area contributed by atoms with E-state index in [-0.39, 0.29) is 57.2 Å². The van der Waals surface area contributed by atoms with Crippen molar-refractivity contribution in [1.29, 1.82) is 0 Å². The van der Waals surface area contributed by atoms with Crippen LogP contribution >= 0.6 is 11.8 Å². The number of aliphatic hydroxyl groups excluding tert-OH is 3. The number of benzene rings is 3. The molecule has 0 saturated carbocycles. The minimum atomic E-state index is -1.91. The fourth-order valence-corrected chi connectivity index (χ4v) is 16.1. The van der Waals surface area contributed by atoms with Gasteiger partial charge in [0.15, 0.2) is 0 Å². The Balaban J connectivity index is 1.15. The molecule has 684 valence electrons. The highest BCUT2D eigenvalue weighted by Gasteiger charge is 2.46. The largest absolute Gasteiger partial charge is 0.508 e. The molecule has 3 aliphatic rings. The molecule has 3 aromatic carbocycles. The first-order valence-electron chi connectivity index (χ1n) is 41.6. The van der Waals surface area contributed by atoms with Crippen molar-refractivity contribution in [2.75, 3.05) is 72.0 Å². The number of phenols is 1. The summed E-state index contributed by atoms with van der Waals surface area (Å²) in [5.74, 6) is -19.2. The number of unbranched alkanes of at least 4 members (excludes halogenated alkanes) is 2. The van der Waals surface area contributed by atoms with Crippen LogP contribution in [0.4, 0.5) is 0 Å². The highest BCUT2D eigenvalue weighted by atomic mass is 32.2. The number of para-hydroxylation sites is 2. The number of nitrogens with one attached hydrogen (secondary N) is 12. The minimum Gasteiger partial charge on any atom is -0.508 e. The average molecular weight is 1780 g/mol. The lowest BCUT2D eigenvalue weighted by atomic mass is 10.00. The third-order valence-corrected chi connectivity index (χ3v) is 23.4. The summed E-state index contributed by atoms with van der Waals surface area (Å²) in [6, 6.07) is -1.70. The predicted octanol–water partition coefficient (Wildman–Crippen LogP) is -5.31. The van der Waals surface area contributed by atoms with Gasteiger partial charge in [-0.05, 0) is 80.0 Å². The van der Waals surface area contributed by atoms with E-state index in [1.807, 2.05) is 6.92 Å². The highest BCUT2D eigenvalue weighted by molar-refractivity contribution is 8.00. The summed E-state index contributed by atoms with van der Waals surface area (Å²) in [5.41, 5.74) is 19.1. The third kappa shape index (κ3) is 26.9. The first-order chi connectivity index (χ1) is 60.0. The van der Waals surface area contributed by atoms with E-state index in [4.69, 9.17) is 17.2 Å². The number of primary amides is 3. The van der Waals surface area contributed by atoms with E-state index in [0.717, 1.165) is 36.3 Å². The molecule has 0 spiro atoms. The molecule has 0 aliphatic carbocycles. The highest BCUT2D eigenvalue weighted by Crippen LogP contribution is 2.27. The summed E-state index contributed by atoms with van der Waals surface area (Å²) in [6.45, 7) is 0.318. The minimum absolute atomic E-state index is 0.0235. The monoisotopic (exact) mass is 1770 g/mol. The Morgan fingerprint density at radius 1 is 0.516 bits per heavy atom. The van der Waals surface area contributed by atoms with Gasteiger partial charge in [0.1, 0.15) is 84.3 Å². The Morgan fingerprint density at radius 3 is 1.63 bits per heavy atom. The van der Waals surface area contributed by atoms with Crippen molar-refractivity contribution in [3.8, 4) is 5.75 Å². The summed E-state index contributed by atoms with van der Waals surface area (Å²) in [5, 5.41) is 69.4. The zero-order valence-electron chi connectivity index (χ0n) is 70.9. The van der Waals surface area contributed by atoms with Gasteiger partial charge >= 0.3 is 0 Å². The van der Waals surface area contributed by atoms with Crippen molar-refractivity contribution in [3.05, 3.63) is 102 Å². The number of hydrogen-bond acceptors (Lipinski definition) is 23. The summed E-state index contributed by atoms with van der Waals surface area (Å²) in [4.78, 5) is 268. The van der Waals surface area contributed by atoms with Crippen molar-refractivity contribution in [3.63, 3.8) is 0 Å². The van der Waals surface area contributed by atoms with Gasteiger partial charge in [-0.25, -0.2) is 0 Å². The maximum absolute atomic E-state index is 15.6. The lowest BCUT2D eigenvalue weighted by molar-refractivity contribution is -0.149. The SMILES string of the molecule is CCCC[C@H]1C(=O)N(C)[C@@H](CCCC)C(=O)N[C@@H](CO)C(=O)N[C@H](C(=O)NCC(N)=O)CSCC(=O)N[C@@H](Cc2ccc(O)cc2)C(=O)N(C)[C@@H](C)C(=O)N[C@@H](CC(N)=O)C(=O)N2CCC[C@H]2C(=O)NCC(=O)N[C@@H](CCC(N)=O)C(=O)N2C[C@H](O)C[C@H]2C(=O)N[C@@H](Cc2c[nH]c3ccccc23)C(=O)N[C@@H](CO)C(=O)N[C@@H](Cc2c[nH]c3ccccc23)C(=O)N1C. The number of amides is 18. The molecule has 8 rings (SSSR count). The lowest BCUT2D eigenvalue weighted by Crippen LogP contribution is -2.61. The fraction of sp³-hybridized carbons (Fsp3) is 0.518. The second-order valence-electron chi connectivity index (χ2n) is 31.5. The second-order valence-corrected chi connectivity index (χ2v) is 32.5. The maximum Gasteiger partial charge on any atom is 0.246 e. The molecule has 43 heteroatoms. The number of hydrogen-bond donors (Lipinski definition) is 19. The maximum atomic E-state index is 15.6. The Labute approximate surface area is 729 Å². The number of H-pyrrole nitrogens is 2. The van der Waals surface area contributed by atoms with Crippen LogP contribution in [0.3, 0.4) is 0 Å². The first-order valence-corrected chi connectivity index (χ1v) is 42.7. The van der Waals surface area contributed by atoms with Crippen LogP contribution in [0.15, 0.2) is 85.2 Å². The number of aliphatic hydroxyl groups is 3. The van der Waals surface area contributed by atoms with E-state index in [2.05, 4.69) is 63.1 Å². The van der Waals surface area contributed by atoms with Gasteiger partial charge in [0.2, 0.25) is 106 Å². The summed E-state index contributed by atoms with van der Waals surface area (Å²) in [6.07, 6.45) is 0.125. The van der Waals surface area contributed by atoms with Crippen LogP contribution in [0.2, 0.25) is 0 Å². The van der Waals surface area contributed by atoms with E-state index in [9.17, 15) is 92.3 Å². The van der Waals surface area contributed by atoms with E-state index < -0.39 is 261 Å². The molecule has 3 fully saturated rings. The quantitative estimate of drug-likeness (QED) is 0.0308. The molecule has 5 heterocycles. The topological polar surface area (TPSA) is 634 Å². The normalized spacial score (nSPS) is 25.1. The van der Waals surface area contributed by atoms with Gasteiger partial charge in [0, 0.05) is 106 Å². The Morgan fingerprint density at radius 2 is 1.04 bits per heavy atom. The number of likely N-dealkylation sites (N-methyl/N-ethyl adjacent to an activating group) is 3.